The molecule has 1 aliphatic carbocycles. The van der Waals surface area contributed by atoms with Gasteiger partial charge in [0.1, 0.15) is 11.2 Å². The van der Waals surface area contributed by atoms with Gasteiger partial charge in [0.15, 0.2) is 23.6 Å². The zero-order valence-corrected chi connectivity index (χ0v) is 25.1. The number of hydrogen-bond donors (Lipinski definition) is 3. The third-order valence-corrected chi connectivity index (χ3v) is 8.43. The van der Waals surface area contributed by atoms with Gasteiger partial charge in [0.2, 0.25) is 19.5 Å². The number of nitrogens with two attached hydrogens (primary N) is 1. The van der Waals surface area contributed by atoms with E-state index in [-0.39, 0.29) is 17.1 Å². The Kier molecular flexibility index (Phi) is 8.10. The number of alkyl halides is 1. The molecule has 5 atom stereocenters. The minimum absolute atomic E-state index is 0.0869. The van der Waals surface area contributed by atoms with Crippen molar-refractivity contribution in [1.29, 1.82) is 0 Å². The van der Waals surface area contributed by atoms with Crippen LogP contribution in [0.1, 0.15) is 54.7 Å². The first-order valence-corrected chi connectivity index (χ1v) is 14.4. The van der Waals surface area contributed by atoms with Gasteiger partial charge in [-0.1, -0.05) is 6.92 Å². The molecule has 0 amide bonds. The standard InChI is InChI=1S/C24H35FN5O11P/c1-12-23(24(12,34)14(25)17(41-23)30-9-27-13-15(30)28-20(26)29-16(13)31)8-38-42(35,39-10-36-18(32)21(2,3)4)40-11-37-19(33)22(5,6)7/h9,12,14,17,34H,8,10-11H2,1-7H3,(H3,26,28,29,31)/t12?,14-,17+,23-,24-/m0/s1. The largest absolute Gasteiger partial charge is 0.480 e. The van der Waals surface area contributed by atoms with Crippen molar-refractivity contribution in [3.05, 3.63) is 16.7 Å². The maximum Gasteiger partial charge on any atom is 0.480 e. The number of carbonyl (C=O) groups excluding carboxylic acids is 2. The van der Waals surface area contributed by atoms with E-state index in [0.29, 0.717) is 0 Å². The number of phosphoric ester groups is 1. The van der Waals surface area contributed by atoms with Crippen LogP contribution >= 0.6 is 7.82 Å². The second kappa shape index (κ2) is 10.6. The highest BCUT2D eigenvalue weighted by molar-refractivity contribution is 7.48. The van der Waals surface area contributed by atoms with Crippen molar-refractivity contribution in [2.45, 2.75) is 72.1 Å². The molecule has 0 radical (unpaired) electrons. The number of anilines is 1. The van der Waals surface area contributed by atoms with Gasteiger partial charge in [-0.3, -0.25) is 28.5 Å². The Morgan fingerprint density at radius 1 is 1.14 bits per heavy atom. The molecule has 3 heterocycles. The van der Waals surface area contributed by atoms with Crippen LogP contribution in [0.4, 0.5) is 10.3 Å². The van der Waals surface area contributed by atoms with Crippen LogP contribution in [0, 0.1) is 16.7 Å². The number of aliphatic hydroxyl groups is 1. The molecule has 4 N–H and O–H groups in total. The van der Waals surface area contributed by atoms with Crippen molar-refractivity contribution >= 4 is 36.9 Å². The van der Waals surface area contributed by atoms with E-state index in [9.17, 15) is 24.1 Å². The number of fused-ring (bicyclic) bond motifs is 2. The zero-order chi connectivity index (χ0) is 31.5. The second-order valence-corrected chi connectivity index (χ2v) is 13.9. The smallest absolute Gasteiger partial charge is 0.437 e. The molecular weight excluding hydrogens is 584 g/mol. The molecule has 2 aliphatic rings. The maximum absolute atomic E-state index is 15.8. The number of H-pyrrole nitrogens is 1. The molecule has 1 saturated carbocycles. The minimum atomic E-state index is -4.67. The Labute approximate surface area is 239 Å². The van der Waals surface area contributed by atoms with Gasteiger partial charge in [0.25, 0.3) is 5.56 Å². The molecule has 4 rings (SSSR count). The number of hydrogen-bond acceptors (Lipinski definition) is 14. The third-order valence-electron chi connectivity index (χ3n) is 7.14. The first kappa shape index (κ1) is 32.0. The summed E-state index contributed by atoms with van der Waals surface area (Å²) >= 11 is 0. The number of aromatic nitrogens is 4. The lowest BCUT2D eigenvalue weighted by Gasteiger charge is -2.24. The van der Waals surface area contributed by atoms with Crippen molar-refractivity contribution in [2.24, 2.45) is 16.7 Å². The normalized spacial score (nSPS) is 27.6. The predicted octanol–water partition coefficient (Wildman–Crippen LogP) is 1.94. The van der Waals surface area contributed by atoms with E-state index in [1.165, 1.54) is 6.92 Å². The minimum Gasteiger partial charge on any atom is -0.437 e. The molecule has 1 saturated heterocycles. The zero-order valence-electron chi connectivity index (χ0n) is 24.2. The average molecular weight is 620 g/mol. The predicted molar refractivity (Wildman–Crippen MR) is 141 cm³/mol. The summed E-state index contributed by atoms with van der Waals surface area (Å²) < 4.78 is 61.9. The molecule has 2 aromatic heterocycles. The molecule has 42 heavy (non-hydrogen) atoms. The van der Waals surface area contributed by atoms with E-state index in [2.05, 4.69) is 15.0 Å². The number of rotatable bonds is 10. The molecule has 18 heteroatoms. The van der Waals surface area contributed by atoms with E-state index in [1.54, 1.807) is 41.5 Å². The molecule has 1 unspecified atom stereocenters. The Hall–Kier alpha value is -2.95. The van der Waals surface area contributed by atoms with Crippen molar-refractivity contribution < 1.29 is 51.4 Å². The summed E-state index contributed by atoms with van der Waals surface area (Å²) in [6.45, 7) is 8.60. The van der Waals surface area contributed by atoms with Crippen LogP contribution < -0.4 is 11.3 Å². The molecule has 1 aliphatic heterocycles. The fraction of sp³-hybridized carbons (Fsp3) is 0.708. The number of nitrogen functional groups attached to an aromatic ring is 1. The van der Waals surface area contributed by atoms with Gasteiger partial charge in [-0.25, -0.2) is 23.0 Å². The molecule has 2 fully saturated rings. The van der Waals surface area contributed by atoms with Gasteiger partial charge in [-0.2, -0.15) is 4.98 Å². The van der Waals surface area contributed by atoms with Crippen LogP contribution in [0.25, 0.3) is 11.2 Å². The molecule has 16 nitrogen and oxygen atoms in total. The van der Waals surface area contributed by atoms with Gasteiger partial charge >= 0.3 is 19.8 Å². The summed E-state index contributed by atoms with van der Waals surface area (Å²) in [5.41, 5.74) is -0.937. The number of imidazole rings is 1. The summed E-state index contributed by atoms with van der Waals surface area (Å²) in [7, 11) is -4.67. The molecule has 0 aromatic carbocycles. The number of phosphoric acid groups is 1. The third kappa shape index (κ3) is 5.56. The van der Waals surface area contributed by atoms with Crippen LogP contribution in [0.3, 0.4) is 0 Å². The Morgan fingerprint density at radius 2 is 1.69 bits per heavy atom. The quantitative estimate of drug-likeness (QED) is 0.197. The van der Waals surface area contributed by atoms with Crippen molar-refractivity contribution in [3.63, 3.8) is 0 Å². The Bertz CT molecular complexity index is 1450. The van der Waals surface area contributed by atoms with E-state index >= 15 is 4.39 Å². The number of nitrogens with zero attached hydrogens (tertiary/aromatic N) is 3. The van der Waals surface area contributed by atoms with Crippen LogP contribution in [-0.2, 0) is 41.9 Å². The Balaban J connectivity index is 1.52. The molecule has 0 bridgehead atoms. The van der Waals surface area contributed by atoms with Gasteiger partial charge in [-0.05, 0) is 41.5 Å². The lowest BCUT2D eigenvalue weighted by molar-refractivity contribution is -0.164. The number of aromatic amines is 1. The molecule has 0 spiro atoms. The van der Waals surface area contributed by atoms with E-state index in [4.69, 9.17) is 33.5 Å². The Morgan fingerprint density at radius 3 is 2.21 bits per heavy atom. The lowest BCUT2D eigenvalue weighted by Crippen LogP contribution is -2.32. The summed E-state index contributed by atoms with van der Waals surface area (Å²) in [5, 5.41) is 11.2. The SMILES string of the molecule is CC1[C@]2(COP(=O)(OCOC(=O)C(C)(C)C)OCOC(=O)C(C)(C)C)O[C@@H](n3cnc4c(=O)[nH]c(N)nc43)[C@H](F)[C@@]12O. The van der Waals surface area contributed by atoms with Gasteiger partial charge in [-0.15, -0.1) is 0 Å². The summed E-state index contributed by atoms with van der Waals surface area (Å²) in [4.78, 5) is 46.6. The highest BCUT2D eigenvalue weighted by Crippen LogP contribution is 2.69. The summed E-state index contributed by atoms with van der Waals surface area (Å²) in [6.07, 6.45) is -2.48. The van der Waals surface area contributed by atoms with E-state index in [1.807, 2.05) is 0 Å². The monoisotopic (exact) mass is 619 g/mol. The van der Waals surface area contributed by atoms with Crippen LogP contribution in [0.15, 0.2) is 11.1 Å². The highest BCUT2D eigenvalue weighted by Gasteiger charge is 2.86. The number of carbonyl (C=O) groups is 2. The van der Waals surface area contributed by atoms with E-state index < -0.39 is 85.9 Å². The number of ether oxygens (including phenoxy) is 3. The first-order valence-electron chi connectivity index (χ1n) is 12.9. The first-order chi connectivity index (χ1) is 19.3. The average Bonchev–Trinajstić information content (AvgIpc) is 3.14. The highest BCUT2D eigenvalue weighted by atomic mass is 31.2. The number of nitrogens with one attached hydrogen (secondary N) is 1. The van der Waals surface area contributed by atoms with Gasteiger partial charge in [0.05, 0.1) is 23.8 Å². The molecular formula is C24H35FN5O11P. The van der Waals surface area contributed by atoms with Crippen LogP contribution in [-0.4, -0.2) is 74.1 Å². The van der Waals surface area contributed by atoms with Crippen molar-refractivity contribution in [3.8, 4) is 0 Å². The lowest BCUT2D eigenvalue weighted by atomic mass is 9.98. The van der Waals surface area contributed by atoms with Crippen molar-refractivity contribution in [1.82, 2.24) is 19.5 Å². The van der Waals surface area contributed by atoms with Crippen LogP contribution in [0.5, 0.6) is 0 Å². The topological polar surface area (TPSA) is 216 Å². The number of halogens is 1. The summed E-state index contributed by atoms with van der Waals surface area (Å²) in [5.74, 6) is -2.47. The van der Waals surface area contributed by atoms with E-state index in [0.717, 1.165) is 10.9 Å². The van der Waals surface area contributed by atoms with Gasteiger partial charge < -0.3 is 25.1 Å². The fourth-order valence-corrected chi connectivity index (χ4v) is 5.42. The van der Waals surface area contributed by atoms with Gasteiger partial charge in [0, 0.05) is 5.92 Å². The molecule has 2 aromatic rings. The van der Waals surface area contributed by atoms with Crippen molar-refractivity contribution in [2.75, 3.05) is 25.9 Å². The molecule has 234 valence electrons. The second-order valence-electron chi connectivity index (χ2n) is 12.2. The maximum atomic E-state index is 15.8. The fourth-order valence-electron chi connectivity index (χ4n) is 4.48. The number of esters is 2. The van der Waals surface area contributed by atoms with Crippen LogP contribution in [0.2, 0.25) is 0 Å². The summed E-state index contributed by atoms with van der Waals surface area (Å²) in [6, 6.07) is 0.